The maximum Gasteiger partial charge on any atom is 0.146 e. The van der Waals surface area contributed by atoms with Crippen molar-refractivity contribution >= 4 is 5.82 Å². The Morgan fingerprint density at radius 3 is 2.67 bits per heavy atom. The van der Waals surface area contributed by atoms with Crippen LogP contribution in [0.4, 0.5) is 5.82 Å². The van der Waals surface area contributed by atoms with Gasteiger partial charge in [-0.25, -0.2) is 4.98 Å². The highest BCUT2D eigenvalue weighted by molar-refractivity contribution is 5.34. The third kappa shape index (κ3) is 4.26. The summed E-state index contributed by atoms with van der Waals surface area (Å²) < 4.78 is 0. The first-order valence-corrected chi connectivity index (χ1v) is 6.88. The van der Waals surface area contributed by atoms with Gasteiger partial charge in [0.1, 0.15) is 5.82 Å². The lowest BCUT2D eigenvalue weighted by Crippen LogP contribution is -2.22. The Kier molecular flexibility index (Phi) is 4.53. The van der Waals surface area contributed by atoms with Gasteiger partial charge in [-0.1, -0.05) is 13.8 Å². The fourth-order valence-electron chi connectivity index (χ4n) is 1.91. The zero-order valence-corrected chi connectivity index (χ0v) is 11.7. The lowest BCUT2D eigenvalue weighted by atomic mass is 10.2. The predicted molar refractivity (Wildman–Crippen MR) is 74.6 cm³/mol. The molecule has 1 aromatic rings. The van der Waals surface area contributed by atoms with Crippen LogP contribution in [-0.4, -0.2) is 30.1 Å². The normalized spacial score (nSPS) is 15.1. The van der Waals surface area contributed by atoms with Crippen molar-refractivity contribution in [3.63, 3.8) is 0 Å². The summed E-state index contributed by atoms with van der Waals surface area (Å²) in [6.45, 7) is 7.34. The summed E-state index contributed by atoms with van der Waals surface area (Å²) >= 11 is 0. The lowest BCUT2D eigenvalue weighted by Gasteiger charge is -2.17. The average molecular weight is 248 g/mol. The Bertz CT molecular complexity index is 357. The van der Waals surface area contributed by atoms with E-state index in [1.807, 2.05) is 12.4 Å². The van der Waals surface area contributed by atoms with E-state index in [1.165, 1.54) is 12.8 Å². The summed E-state index contributed by atoms with van der Waals surface area (Å²) in [6.07, 6.45) is 6.50. The first kappa shape index (κ1) is 13.3. The molecule has 1 aliphatic carbocycles. The Hall–Kier alpha value is -1.16. The highest BCUT2D eigenvalue weighted by Gasteiger charge is 2.23. The van der Waals surface area contributed by atoms with E-state index >= 15 is 0 Å². The number of rotatable bonds is 7. The molecule has 4 nitrogen and oxygen atoms in total. The molecule has 0 aromatic carbocycles. The molecule has 100 valence electrons. The highest BCUT2D eigenvalue weighted by Crippen LogP contribution is 2.30. The van der Waals surface area contributed by atoms with Gasteiger partial charge in [-0.05, 0) is 31.2 Å². The molecule has 1 aromatic heterocycles. The first-order chi connectivity index (χ1) is 8.65. The molecule has 1 aliphatic rings. The Morgan fingerprint density at radius 2 is 2.11 bits per heavy atom. The number of aromatic nitrogens is 2. The second-order valence-electron chi connectivity index (χ2n) is 5.71. The molecule has 0 saturated heterocycles. The van der Waals surface area contributed by atoms with Gasteiger partial charge in [0, 0.05) is 20.1 Å². The van der Waals surface area contributed by atoms with Gasteiger partial charge in [-0.3, -0.25) is 4.98 Å². The van der Waals surface area contributed by atoms with Gasteiger partial charge in [0.2, 0.25) is 0 Å². The van der Waals surface area contributed by atoms with Crippen LogP contribution in [-0.2, 0) is 6.54 Å². The molecular weight excluding hydrogens is 224 g/mol. The fraction of sp³-hybridized carbons (Fsp3) is 0.714. The van der Waals surface area contributed by atoms with Crippen molar-refractivity contribution in [3.8, 4) is 0 Å². The van der Waals surface area contributed by atoms with Gasteiger partial charge < -0.3 is 10.2 Å². The van der Waals surface area contributed by atoms with Gasteiger partial charge in [0.05, 0.1) is 18.1 Å². The zero-order chi connectivity index (χ0) is 13.0. The molecular formula is C14H24N4. The van der Waals surface area contributed by atoms with Gasteiger partial charge in [0.25, 0.3) is 0 Å². The third-order valence-corrected chi connectivity index (χ3v) is 3.17. The van der Waals surface area contributed by atoms with Crippen molar-refractivity contribution in [3.05, 3.63) is 18.1 Å². The SMILES string of the molecule is CC(C)CNCc1cnc(N(C)CC2CC2)cn1. The molecule has 1 N–H and O–H groups in total. The molecule has 0 unspecified atom stereocenters. The van der Waals surface area contributed by atoms with E-state index in [4.69, 9.17) is 0 Å². The molecule has 18 heavy (non-hydrogen) atoms. The Balaban J connectivity index is 1.80. The van der Waals surface area contributed by atoms with E-state index < -0.39 is 0 Å². The standard InChI is InChI=1S/C14H24N4/c1-11(2)6-15-7-13-8-17-14(9-16-13)18(3)10-12-4-5-12/h8-9,11-12,15H,4-7,10H2,1-3H3. The van der Waals surface area contributed by atoms with E-state index in [1.54, 1.807) is 0 Å². The second-order valence-corrected chi connectivity index (χ2v) is 5.71. The smallest absolute Gasteiger partial charge is 0.146 e. The Labute approximate surface area is 110 Å². The molecule has 0 atom stereocenters. The highest BCUT2D eigenvalue weighted by atomic mass is 15.2. The minimum absolute atomic E-state index is 0.668. The zero-order valence-electron chi connectivity index (χ0n) is 11.7. The predicted octanol–water partition coefficient (Wildman–Crippen LogP) is 2.07. The van der Waals surface area contributed by atoms with Crippen molar-refractivity contribution < 1.29 is 0 Å². The van der Waals surface area contributed by atoms with Crippen LogP contribution < -0.4 is 10.2 Å². The summed E-state index contributed by atoms with van der Waals surface area (Å²) in [6, 6.07) is 0. The minimum atomic E-state index is 0.668. The molecule has 0 aliphatic heterocycles. The van der Waals surface area contributed by atoms with Crippen LogP contribution in [0.5, 0.6) is 0 Å². The van der Waals surface area contributed by atoms with Gasteiger partial charge in [-0.15, -0.1) is 0 Å². The molecule has 1 fully saturated rings. The van der Waals surface area contributed by atoms with Crippen molar-refractivity contribution in [2.24, 2.45) is 11.8 Å². The van der Waals surface area contributed by atoms with E-state index in [9.17, 15) is 0 Å². The number of nitrogens with one attached hydrogen (secondary N) is 1. The maximum absolute atomic E-state index is 4.48. The van der Waals surface area contributed by atoms with E-state index in [0.717, 1.165) is 37.1 Å². The van der Waals surface area contributed by atoms with E-state index in [0.29, 0.717) is 5.92 Å². The monoisotopic (exact) mass is 248 g/mol. The van der Waals surface area contributed by atoms with Crippen LogP contribution in [0.15, 0.2) is 12.4 Å². The molecule has 0 spiro atoms. The summed E-state index contributed by atoms with van der Waals surface area (Å²) in [5.41, 5.74) is 1.01. The largest absolute Gasteiger partial charge is 0.358 e. The maximum atomic E-state index is 4.48. The van der Waals surface area contributed by atoms with E-state index in [2.05, 4.69) is 41.1 Å². The summed E-state index contributed by atoms with van der Waals surface area (Å²) in [5, 5.41) is 3.38. The molecule has 0 amide bonds. The second kappa shape index (κ2) is 6.14. The molecule has 0 radical (unpaired) electrons. The van der Waals surface area contributed by atoms with Crippen LogP contribution in [0.1, 0.15) is 32.4 Å². The summed E-state index contributed by atoms with van der Waals surface area (Å²) in [7, 11) is 2.10. The van der Waals surface area contributed by atoms with Crippen LogP contribution in [0.3, 0.4) is 0 Å². The number of hydrogen-bond donors (Lipinski definition) is 1. The number of hydrogen-bond acceptors (Lipinski definition) is 4. The van der Waals surface area contributed by atoms with Crippen molar-refractivity contribution in [1.82, 2.24) is 15.3 Å². The molecule has 0 bridgehead atoms. The van der Waals surface area contributed by atoms with Crippen molar-refractivity contribution in [1.29, 1.82) is 0 Å². The van der Waals surface area contributed by atoms with Crippen LogP contribution in [0, 0.1) is 11.8 Å². The quantitative estimate of drug-likeness (QED) is 0.802. The number of nitrogens with zero attached hydrogens (tertiary/aromatic N) is 3. The third-order valence-electron chi connectivity index (χ3n) is 3.17. The number of anilines is 1. The molecule has 1 saturated carbocycles. The van der Waals surface area contributed by atoms with Crippen LogP contribution in [0.2, 0.25) is 0 Å². The molecule has 4 heteroatoms. The van der Waals surface area contributed by atoms with Gasteiger partial charge >= 0.3 is 0 Å². The first-order valence-electron chi connectivity index (χ1n) is 6.88. The summed E-state index contributed by atoms with van der Waals surface area (Å²) in [5.74, 6) is 2.53. The van der Waals surface area contributed by atoms with Gasteiger partial charge in [0.15, 0.2) is 0 Å². The lowest BCUT2D eigenvalue weighted by molar-refractivity contribution is 0.547. The summed E-state index contributed by atoms with van der Waals surface area (Å²) in [4.78, 5) is 11.1. The van der Waals surface area contributed by atoms with Gasteiger partial charge in [-0.2, -0.15) is 0 Å². The topological polar surface area (TPSA) is 41.1 Å². The average Bonchev–Trinajstić information content (AvgIpc) is 3.13. The van der Waals surface area contributed by atoms with Crippen molar-refractivity contribution in [2.45, 2.75) is 33.2 Å². The van der Waals surface area contributed by atoms with Crippen molar-refractivity contribution in [2.75, 3.05) is 25.0 Å². The fourth-order valence-corrected chi connectivity index (χ4v) is 1.91. The Morgan fingerprint density at radius 1 is 1.33 bits per heavy atom. The molecule has 2 rings (SSSR count). The minimum Gasteiger partial charge on any atom is -0.358 e. The molecule has 1 heterocycles. The van der Waals surface area contributed by atoms with E-state index in [-0.39, 0.29) is 0 Å². The van der Waals surface area contributed by atoms with Crippen LogP contribution in [0.25, 0.3) is 0 Å². The van der Waals surface area contributed by atoms with Crippen LogP contribution >= 0.6 is 0 Å².